The van der Waals surface area contributed by atoms with Crippen molar-refractivity contribution in [3.63, 3.8) is 0 Å². The zero-order valence-corrected chi connectivity index (χ0v) is 12.2. The predicted molar refractivity (Wildman–Crippen MR) is 85.2 cm³/mol. The Balaban J connectivity index is 1.84. The minimum absolute atomic E-state index is 0.448. The van der Waals surface area contributed by atoms with Gasteiger partial charge < -0.3 is 4.84 Å². The van der Waals surface area contributed by atoms with Crippen LogP contribution in [0.25, 0.3) is 6.08 Å². The van der Waals surface area contributed by atoms with Gasteiger partial charge in [0, 0.05) is 0 Å². The summed E-state index contributed by atoms with van der Waals surface area (Å²) in [6, 6.07) is 15.3. The summed E-state index contributed by atoms with van der Waals surface area (Å²) in [5, 5.41) is 4.91. The Labute approximate surface area is 128 Å². The summed E-state index contributed by atoms with van der Waals surface area (Å²) in [7, 11) is 0. The second kappa shape index (κ2) is 7.73. The van der Waals surface area contributed by atoms with E-state index in [4.69, 9.17) is 28.0 Å². The highest BCUT2D eigenvalue weighted by molar-refractivity contribution is 6.42. The lowest BCUT2D eigenvalue weighted by Crippen LogP contribution is -1.85. The molecule has 2 nitrogen and oxygen atoms in total. The summed E-state index contributed by atoms with van der Waals surface area (Å²) < 4.78 is 0. The monoisotopic (exact) mass is 305 g/mol. The molecule has 0 aromatic heterocycles. The van der Waals surface area contributed by atoms with Gasteiger partial charge in [-0.3, -0.25) is 0 Å². The van der Waals surface area contributed by atoms with E-state index >= 15 is 0 Å². The first-order chi connectivity index (χ1) is 9.77. The average molecular weight is 306 g/mol. The quantitative estimate of drug-likeness (QED) is 0.549. The van der Waals surface area contributed by atoms with E-state index in [2.05, 4.69) is 5.16 Å². The molecule has 102 valence electrons. The first-order valence-electron chi connectivity index (χ1n) is 6.07. The third-order valence-corrected chi connectivity index (χ3v) is 3.39. The van der Waals surface area contributed by atoms with Gasteiger partial charge in [0.1, 0.15) is 6.61 Å². The van der Waals surface area contributed by atoms with E-state index in [1.807, 2.05) is 48.5 Å². The Kier molecular flexibility index (Phi) is 5.66. The Morgan fingerprint density at radius 1 is 1.00 bits per heavy atom. The molecule has 0 radical (unpaired) electrons. The summed E-state index contributed by atoms with van der Waals surface area (Å²) in [5.41, 5.74) is 1.92. The van der Waals surface area contributed by atoms with E-state index in [1.54, 1.807) is 18.4 Å². The molecule has 0 heterocycles. The molecule has 0 saturated carbocycles. The van der Waals surface area contributed by atoms with Crippen molar-refractivity contribution in [2.45, 2.75) is 6.61 Å². The van der Waals surface area contributed by atoms with Crippen LogP contribution in [0.2, 0.25) is 10.0 Å². The summed E-state index contributed by atoms with van der Waals surface area (Å²) in [5.74, 6) is 0. The molecular formula is C16H13Cl2NO. The minimum Gasteiger partial charge on any atom is -0.391 e. The molecule has 0 fully saturated rings. The molecule has 2 aromatic rings. The molecule has 20 heavy (non-hydrogen) atoms. The molecule has 0 aliphatic rings. The van der Waals surface area contributed by atoms with Gasteiger partial charge in [0.25, 0.3) is 0 Å². The molecule has 0 bridgehead atoms. The van der Waals surface area contributed by atoms with Gasteiger partial charge in [0.05, 0.1) is 16.3 Å². The van der Waals surface area contributed by atoms with E-state index < -0.39 is 0 Å². The zero-order valence-electron chi connectivity index (χ0n) is 10.7. The Morgan fingerprint density at radius 2 is 1.80 bits per heavy atom. The lowest BCUT2D eigenvalue weighted by Gasteiger charge is -1.99. The maximum Gasteiger partial charge on any atom is 0.142 e. The number of oxime groups is 1. The second-order valence-electron chi connectivity index (χ2n) is 4.02. The number of hydrogen-bond donors (Lipinski definition) is 0. The van der Waals surface area contributed by atoms with Crippen molar-refractivity contribution >= 4 is 35.5 Å². The summed E-state index contributed by atoms with van der Waals surface area (Å²) in [6.45, 7) is 0.448. The van der Waals surface area contributed by atoms with Crippen molar-refractivity contribution in [1.82, 2.24) is 0 Å². The standard InChI is InChI=1S/C16H13Cl2NO/c17-15-10-4-8-14(16(15)18)9-5-11-19-20-12-13-6-2-1-3-7-13/h1-11H,12H2/b9-5+,19-11+. The smallest absolute Gasteiger partial charge is 0.142 e. The highest BCUT2D eigenvalue weighted by Gasteiger charge is 1.99. The van der Waals surface area contributed by atoms with Crippen LogP contribution in [0.4, 0.5) is 0 Å². The SMILES string of the molecule is Clc1cccc(/C=C/C=N/OCc2ccccc2)c1Cl. The van der Waals surface area contributed by atoms with E-state index in [0.717, 1.165) is 11.1 Å². The first kappa shape index (κ1) is 14.6. The molecule has 0 unspecified atom stereocenters. The van der Waals surface area contributed by atoms with E-state index in [0.29, 0.717) is 16.7 Å². The molecule has 0 atom stereocenters. The lowest BCUT2D eigenvalue weighted by molar-refractivity contribution is 0.132. The molecule has 2 rings (SSSR count). The molecule has 0 spiro atoms. The number of halogens is 2. The van der Waals surface area contributed by atoms with Crippen molar-refractivity contribution in [2.75, 3.05) is 0 Å². The Hall–Kier alpha value is -1.77. The van der Waals surface area contributed by atoms with Crippen molar-refractivity contribution in [3.05, 3.63) is 75.8 Å². The molecule has 0 N–H and O–H groups in total. The summed E-state index contributed by atoms with van der Waals surface area (Å²) in [4.78, 5) is 5.17. The van der Waals surface area contributed by atoms with Crippen LogP contribution in [0.3, 0.4) is 0 Å². The molecule has 0 aliphatic carbocycles. The normalized spacial score (nSPS) is 11.3. The maximum atomic E-state index is 6.05. The first-order valence-corrected chi connectivity index (χ1v) is 6.83. The topological polar surface area (TPSA) is 21.6 Å². The Morgan fingerprint density at radius 3 is 2.60 bits per heavy atom. The third-order valence-electron chi connectivity index (χ3n) is 2.55. The van der Waals surface area contributed by atoms with Crippen LogP contribution in [-0.2, 0) is 11.4 Å². The van der Waals surface area contributed by atoms with Crippen LogP contribution in [0.5, 0.6) is 0 Å². The lowest BCUT2D eigenvalue weighted by atomic mass is 10.2. The van der Waals surface area contributed by atoms with Crippen LogP contribution in [0, 0.1) is 0 Å². The van der Waals surface area contributed by atoms with Gasteiger partial charge in [-0.1, -0.05) is 76.9 Å². The van der Waals surface area contributed by atoms with Gasteiger partial charge in [0.2, 0.25) is 0 Å². The van der Waals surface area contributed by atoms with Crippen LogP contribution < -0.4 is 0 Å². The number of allylic oxidation sites excluding steroid dienone is 1. The van der Waals surface area contributed by atoms with Crippen LogP contribution in [0.1, 0.15) is 11.1 Å². The second-order valence-corrected chi connectivity index (χ2v) is 4.80. The van der Waals surface area contributed by atoms with Crippen molar-refractivity contribution in [1.29, 1.82) is 0 Å². The van der Waals surface area contributed by atoms with Crippen molar-refractivity contribution in [2.24, 2.45) is 5.16 Å². The minimum atomic E-state index is 0.448. The Bertz CT molecular complexity index is 609. The third kappa shape index (κ3) is 4.41. The molecule has 0 amide bonds. The van der Waals surface area contributed by atoms with Crippen molar-refractivity contribution < 1.29 is 4.84 Å². The van der Waals surface area contributed by atoms with Gasteiger partial charge in [0.15, 0.2) is 0 Å². The van der Waals surface area contributed by atoms with Crippen LogP contribution in [0.15, 0.2) is 59.8 Å². The van der Waals surface area contributed by atoms with Gasteiger partial charge in [-0.2, -0.15) is 0 Å². The summed E-state index contributed by atoms with van der Waals surface area (Å²) >= 11 is 12.0. The number of hydrogen-bond acceptors (Lipinski definition) is 2. The predicted octanol–water partition coefficient (Wildman–Crippen LogP) is 5.21. The van der Waals surface area contributed by atoms with E-state index in [9.17, 15) is 0 Å². The van der Waals surface area contributed by atoms with Gasteiger partial charge in [-0.25, -0.2) is 0 Å². The number of rotatable bonds is 5. The van der Waals surface area contributed by atoms with E-state index in [-0.39, 0.29) is 0 Å². The number of nitrogens with zero attached hydrogens (tertiary/aromatic N) is 1. The molecule has 0 saturated heterocycles. The number of benzene rings is 2. The van der Waals surface area contributed by atoms with Crippen LogP contribution in [-0.4, -0.2) is 6.21 Å². The average Bonchev–Trinajstić information content (AvgIpc) is 2.48. The van der Waals surface area contributed by atoms with E-state index in [1.165, 1.54) is 0 Å². The van der Waals surface area contributed by atoms with Crippen molar-refractivity contribution in [3.8, 4) is 0 Å². The molecule has 4 heteroatoms. The molecule has 0 aliphatic heterocycles. The fourth-order valence-corrected chi connectivity index (χ4v) is 1.93. The maximum absolute atomic E-state index is 6.05. The largest absolute Gasteiger partial charge is 0.391 e. The van der Waals surface area contributed by atoms with Gasteiger partial charge in [-0.05, 0) is 23.3 Å². The van der Waals surface area contributed by atoms with Crippen LogP contribution >= 0.6 is 23.2 Å². The fourth-order valence-electron chi connectivity index (χ4n) is 1.56. The highest BCUT2D eigenvalue weighted by Crippen LogP contribution is 2.26. The molecule has 2 aromatic carbocycles. The van der Waals surface area contributed by atoms with Gasteiger partial charge in [-0.15, -0.1) is 0 Å². The zero-order chi connectivity index (χ0) is 14.2. The fraction of sp³-hybridized carbons (Fsp3) is 0.0625. The summed E-state index contributed by atoms with van der Waals surface area (Å²) in [6.07, 6.45) is 5.15. The highest BCUT2D eigenvalue weighted by atomic mass is 35.5. The van der Waals surface area contributed by atoms with Gasteiger partial charge >= 0.3 is 0 Å². The molecular weight excluding hydrogens is 293 g/mol.